The topological polar surface area (TPSA) is 29.5 Å². The van der Waals surface area contributed by atoms with Crippen molar-refractivity contribution in [2.24, 2.45) is 0 Å². The molecule has 1 atom stereocenters. The van der Waals surface area contributed by atoms with Crippen LogP contribution in [0.5, 0.6) is 5.75 Å². The number of halogens is 3. The number of aliphatic hydroxyl groups is 1. The van der Waals surface area contributed by atoms with Gasteiger partial charge in [0.25, 0.3) is 0 Å². The van der Waals surface area contributed by atoms with E-state index in [9.17, 15) is 18.3 Å². The molecule has 1 N–H and O–H groups in total. The Morgan fingerprint density at radius 3 is 2.25 bits per heavy atom. The second-order valence-corrected chi connectivity index (χ2v) is 4.43. The van der Waals surface area contributed by atoms with E-state index in [4.69, 9.17) is 4.74 Å². The summed E-state index contributed by atoms with van der Waals surface area (Å²) >= 11 is 0. The zero-order valence-electron chi connectivity index (χ0n) is 10.7. The predicted octanol–water partition coefficient (Wildman–Crippen LogP) is 3.74. The maximum Gasteiger partial charge on any atom is 0.165 e. The summed E-state index contributed by atoms with van der Waals surface area (Å²) in [4.78, 5) is 0. The summed E-state index contributed by atoms with van der Waals surface area (Å²) < 4.78 is 44.8. The average Bonchev–Trinajstić information content (AvgIpc) is 2.36. The van der Waals surface area contributed by atoms with Gasteiger partial charge in [-0.2, -0.15) is 0 Å². The molecule has 0 amide bonds. The average molecular weight is 282 g/mol. The van der Waals surface area contributed by atoms with E-state index in [2.05, 4.69) is 0 Å². The Hall–Kier alpha value is -2.01. The fourth-order valence-corrected chi connectivity index (χ4v) is 1.75. The smallest absolute Gasteiger partial charge is 0.165 e. The molecular weight excluding hydrogens is 269 g/mol. The van der Waals surface area contributed by atoms with Crippen molar-refractivity contribution in [2.45, 2.75) is 19.6 Å². The Bertz CT molecular complexity index is 592. The van der Waals surface area contributed by atoms with Gasteiger partial charge in [0.2, 0.25) is 0 Å². The summed E-state index contributed by atoms with van der Waals surface area (Å²) in [6, 6.07) is 7.03. The van der Waals surface area contributed by atoms with Gasteiger partial charge in [-0.15, -0.1) is 0 Å². The summed E-state index contributed by atoms with van der Waals surface area (Å²) in [6.45, 7) is 1.37. The molecule has 2 nitrogen and oxygen atoms in total. The van der Waals surface area contributed by atoms with E-state index in [1.165, 1.54) is 19.1 Å². The number of benzene rings is 2. The minimum atomic E-state index is -0.782. The predicted molar refractivity (Wildman–Crippen MR) is 67.7 cm³/mol. The van der Waals surface area contributed by atoms with Crippen molar-refractivity contribution in [2.75, 3.05) is 0 Å². The van der Waals surface area contributed by atoms with Crippen LogP contribution in [0.3, 0.4) is 0 Å². The maximum atomic E-state index is 13.7. The quantitative estimate of drug-likeness (QED) is 0.925. The van der Waals surface area contributed by atoms with Crippen LogP contribution in [-0.2, 0) is 6.61 Å². The highest BCUT2D eigenvalue weighted by Gasteiger charge is 2.09. The van der Waals surface area contributed by atoms with Crippen molar-refractivity contribution in [1.29, 1.82) is 0 Å². The highest BCUT2D eigenvalue weighted by molar-refractivity contribution is 5.30. The fraction of sp³-hybridized carbons (Fsp3) is 0.200. The van der Waals surface area contributed by atoms with Crippen LogP contribution in [0.25, 0.3) is 0 Å². The molecule has 0 aliphatic rings. The molecule has 0 radical (unpaired) electrons. The molecule has 106 valence electrons. The largest absolute Gasteiger partial charge is 0.486 e. The van der Waals surface area contributed by atoms with Gasteiger partial charge in [0.15, 0.2) is 11.6 Å². The van der Waals surface area contributed by atoms with Crippen LogP contribution in [0, 0.1) is 17.5 Å². The Balaban J connectivity index is 2.11. The van der Waals surface area contributed by atoms with Gasteiger partial charge in [0, 0.05) is 6.07 Å². The van der Waals surface area contributed by atoms with Crippen molar-refractivity contribution in [3.05, 3.63) is 65.0 Å². The van der Waals surface area contributed by atoms with Crippen LogP contribution in [0.1, 0.15) is 24.2 Å². The van der Waals surface area contributed by atoms with E-state index in [0.29, 0.717) is 5.56 Å². The van der Waals surface area contributed by atoms with E-state index in [-0.39, 0.29) is 17.9 Å². The third kappa shape index (κ3) is 3.51. The monoisotopic (exact) mass is 282 g/mol. The molecule has 2 aromatic rings. The Morgan fingerprint density at radius 2 is 1.70 bits per heavy atom. The summed E-state index contributed by atoms with van der Waals surface area (Å²) in [6.07, 6.45) is -0.782. The molecule has 5 heteroatoms. The van der Waals surface area contributed by atoms with Crippen molar-refractivity contribution in [3.8, 4) is 5.75 Å². The van der Waals surface area contributed by atoms with E-state index in [1.54, 1.807) is 0 Å². The first-order valence-corrected chi connectivity index (χ1v) is 6.01. The standard InChI is InChI=1S/C15H13F3O2/c1-9(19)11-2-3-15(14(18)6-11)20-8-10-4-12(16)7-13(17)5-10/h2-7,9,19H,8H2,1H3/t9-/m0/s1. The Morgan fingerprint density at radius 1 is 1.05 bits per heavy atom. The maximum absolute atomic E-state index is 13.7. The summed E-state index contributed by atoms with van der Waals surface area (Å²) in [5, 5.41) is 9.32. The lowest BCUT2D eigenvalue weighted by Gasteiger charge is -2.10. The molecule has 0 bridgehead atoms. The lowest BCUT2D eigenvalue weighted by atomic mass is 10.1. The van der Waals surface area contributed by atoms with E-state index >= 15 is 0 Å². The van der Waals surface area contributed by atoms with Gasteiger partial charge in [-0.25, -0.2) is 13.2 Å². The number of aliphatic hydroxyl groups excluding tert-OH is 1. The molecular formula is C15H13F3O2. The van der Waals surface area contributed by atoms with Gasteiger partial charge in [-0.3, -0.25) is 0 Å². The highest BCUT2D eigenvalue weighted by atomic mass is 19.1. The second kappa shape index (κ2) is 5.96. The van der Waals surface area contributed by atoms with Crippen molar-refractivity contribution < 1.29 is 23.0 Å². The van der Waals surface area contributed by atoms with Gasteiger partial charge in [0.05, 0.1) is 6.10 Å². The number of hydrogen-bond acceptors (Lipinski definition) is 2. The lowest BCUT2D eigenvalue weighted by molar-refractivity contribution is 0.198. The normalized spacial score (nSPS) is 12.2. The van der Waals surface area contributed by atoms with Crippen LogP contribution in [0.15, 0.2) is 36.4 Å². The number of rotatable bonds is 4. The molecule has 0 heterocycles. The molecule has 0 saturated heterocycles. The van der Waals surface area contributed by atoms with Crippen LogP contribution in [-0.4, -0.2) is 5.11 Å². The molecule has 20 heavy (non-hydrogen) atoms. The molecule has 0 fully saturated rings. The van der Waals surface area contributed by atoms with Crippen molar-refractivity contribution in [1.82, 2.24) is 0 Å². The van der Waals surface area contributed by atoms with Crippen molar-refractivity contribution >= 4 is 0 Å². The summed E-state index contributed by atoms with van der Waals surface area (Å²) in [7, 11) is 0. The molecule has 0 aliphatic heterocycles. The minimum absolute atomic E-state index is 0.0425. The van der Waals surface area contributed by atoms with E-state index in [0.717, 1.165) is 24.3 Å². The molecule has 0 unspecified atom stereocenters. The summed E-state index contributed by atoms with van der Waals surface area (Å²) in [5.74, 6) is -2.11. The number of ether oxygens (including phenoxy) is 1. The molecule has 2 rings (SSSR count). The number of hydrogen-bond donors (Lipinski definition) is 1. The third-order valence-electron chi connectivity index (χ3n) is 2.76. The zero-order valence-corrected chi connectivity index (χ0v) is 10.7. The summed E-state index contributed by atoms with van der Waals surface area (Å²) in [5.41, 5.74) is 0.688. The first kappa shape index (κ1) is 14.4. The first-order chi connectivity index (χ1) is 9.45. The molecule has 0 saturated carbocycles. The minimum Gasteiger partial charge on any atom is -0.486 e. The van der Waals surface area contributed by atoms with Crippen LogP contribution < -0.4 is 4.74 Å². The van der Waals surface area contributed by atoms with Gasteiger partial charge in [-0.05, 0) is 42.3 Å². The SMILES string of the molecule is C[C@H](O)c1ccc(OCc2cc(F)cc(F)c2)c(F)c1. The molecule has 0 spiro atoms. The Kier molecular flexibility index (Phi) is 4.29. The zero-order chi connectivity index (χ0) is 14.7. The lowest BCUT2D eigenvalue weighted by Crippen LogP contribution is -2.00. The van der Waals surface area contributed by atoms with Crippen LogP contribution in [0.4, 0.5) is 13.2 Å². The molecule has 0 aliphatic carbocycles. The molecule has 2 aromatic carbocycles. The van der Waals surface area contributed by atoms with Gasteiger partial charge in [0.1, 0.15) is 18.2 Å². The van der Waals surface area contributed by atoms with E-state index in [1.807, 2.05) is 0 Å². The highest BCUT2D eigenvalue weighted by Crippen LogP contribution is 2.23. The van der Waals surface area contributed by atoms with Crippen LogP contribution >= 0.6 is 0 Å². The first-order valence-electron chi connectivity index (χ1n) is 6.01. The fourth-order valence-electron chi connectivity index (χ4n) is 1.75. The van der Waals surface area contributed by atoms with E-state index < -0.39 is 23.6 Å². The molecule has 0 aromatic heterocycles. The Labute approximate surface area is 114 Å². The third-order valence-corrected chi connectivity index (χ3v) is 2.76. The van der Waals surface area contributed by atoms with Crippen molar-refractivity contribution in [3.63, 3.8) is 0 Å². The van der Waals surface area contributed by atoms with Crippen LogP contribution in [0.2, 0.25) is 0 Å². The van der Waals surface area contributed by atoms with Gasteiger partial charge in [-0.1, -0.05) is 6.07 Å². The van der Waals surface area contributed by atoms with Gasteiger partial charge >= 0.3 is 0 Å². The second-order valence-electron chi connectivity index (χ2n) is 4.43. The van der Waals surface area contributed by atoms with Gasteiger partial charge < -0.3 is 9.84 Å².